The van der Waals surface area contributed by atoms with Crippen molar-refractivity contribution in [3.63, 3.8) is 0 Å². The molecule has 4 aliphatic rings. The third kappa shape index (κ3) is 5.18. The Morgan fingerprint density at radius 2 is 1.66 bits per heavy atom. The SMILES string of the molecule is C/C(CC(=O)NC1C2CC3CC(C2)CC1C3)=N/NC(=O)COc1ccc(Br)cc1. The van der Waals surface area contributed by atoms with Crippen LogP contribution in [0.1, 0.15) is 45.4 Å². The molecule has 0 unspecified atom stereocenters. The highest BCUT2D eigenvalue weighted by molar-refractivity contribution is 9.10. The quantitative estimate of drug-likeness (QED) is 0.480. The molecule has 4 fully saturated rings. The van der Waals surface area contributed by atoms with Gasteiger partial charge in [-0.2, -0.15) is 5.10 Å². The Kier molecular flexibility index (Phi) is 6.23. The lowest BCUT2D eigenvalue weighted by Crippen LogP contribution is -2.56. The minimum absolute atomic E-state index is 0.00378. The van der Waals surface area contributed by atoms with Crippen LogP contribution in [0.2, 0.25) is 0 Å². The monoisotopic (exact) mass is 461 g/mol. The average molecular weight is 462 g/mol. The van der Waals surface area contributed by atoms with Gasteiger partial charge in [-0.05, 0) is 87.0 Å². The van der Waals surface area contributed by atoms with Gasteiger partial charge in [0.1, 0.15) is 5.75 Å². The number of nitrogens with zero attached hydrogens (tertiary/aromatic N) is 1. The normalized spacial score (nSPS) is 30.1. The second kappa shape index (κ2) is 8.86. The zero-order valence-corrected chi connectivity index (χ0v) is 18.3. The number of ether oxygens (including phenoxy) is 1. The predicted molar refractivity (Wildman–Crippen MR) is 114 cm³/mol. The maximum absolute atomic E-state index is 12.5. The fourth-order valence-electron chi connectivity index (χ4n) is 5.54. The van der Waals surface area contributed by atoms with Gasteiger partial charge in [0.25, 0.3) is 5.91 Å². The summed E-state index contributed by atoms with van der Waals surface area (Å²) in [7, 11) is 0. The van der Waals surface area contributed by atoms with Gasteiger partial charge in [0.15, 0.2) is 6.61 Å². The highest BCUT2D eigenvalue weighted by Gasteiger charge is 2.48. The van der Waals surface area contributed by atoms with Crippen molar-refractivity contribution in [3.8, 4) is 5.75 Å². The Labute approximate surface area is 180 Å². The van der Waals surface area contributed by atoms with Crippen LogP contribution in [-0.4, -0.2) is 30.2 Å². The number of carbonyl (C=O) groups is 2. The van der Waals surface area contributed by atoms with Crippen LogP contribution in [-0.2, 0) is 9.59 Å². The summed E-state index contributed by atoms with van der Waals surface area (Å²) in [4.78, 5) is 24.4. The first-order valence-electron chi connectivity index (χ1n) is 10.5. The number of amides is 2. The summed E-state index contributed by atoms with van der Waals surface area (Å²) < 4.78 is 6.36. The van der Waals surface area contributed by atoms with Gasteiger partial charge in [-0.15, -0.1) is 0 Å². The number of hydrogen-bond acceptors (Lipinski definition) is 4. The van der Waals surface area contributed by atoms with Gasteiger partial charge in [-0.1, -0.05) is 15.9 Å². The van der Waals surface area contributed by atoms with Crippen molar-refractivity contribution >= 4 is 33.5 Å². The molecule has 0 spiro atoms. The first kappa shape index (κ1) is 20.4. The second-order valence-electron chi connectivity index (χ2n) is 8.83. The number of halogens is 1. The Balaban J connectivity index is 1.20. The minimum Gasteiger partial charge on any atom is -0.484 e. The van der Waals surface area contributed by atoms with Crippen molar-refractivity contribution in [1.82, 2.24) is 10.7 Å². The highest BCUT2D eigenvalue weighted by atomic mass is 79.9. The van der Waals surface area contributed by atoms with Gasteiger partial charge >= 0.3 is 0 Å². The maximum atomic E-state index is 12.5. The lowest BCUT2D eigenvalue weighted by Gasteiger charge is -2.54. The van der Waals surface area contributed by atoms with E-state index in [1.807, 2.05) is 12.1 Å². The van der Waals surface area contributed by atoms with Gasteiger partial charge < -0.3 is 10.1 Å². The highest BCUT2D eigenvalue weighted by Crippen LogP contribution is 2.53. The second-order valence-corrected chi connectivity index (χ2v) is 9.74. The van der Waals surface area contributed by atoms with Crippen LogP contribution in [0, 0.1) is 23.7 Å². The van der Waals surface area contributed by atoms with Crippen LogP contribution in [0.4, 0.5) is 0 Å². The van der Waals surface area contributed by atoms with Crippen molar-refractivity contribution in [1.29, 1.82) is 0 Å². The van der Waals surface area contributed by atoms with E-state index in [-0.39, 0.29) is 24.8 Å². The van der Waals surface area contributed by atoms with E-state index in [9.17, 15) is 9.59 Å². The maximum Gasteiger partial charge on any atom is 0.277 e. The van der Waals surface area contributed by atoms with Gasteiger partial charge in [-0.25, -0.2) is 5.43 Å². The molecule has 0 saturated heterocycles. The summed E-state index contributed by atoms with van der Waals surface area (Å²) >= 11 is 3.35. The molecule has 2 N–H and O–H groups in total. The van der Waals surface area contributed by atoms with Crippen LogP contribution >= 0.6 is 15.9 Å². The summed E-state index contributed by atoms with van der Waals surface area (Å²) in [5.74, 6) is 3.36. The minimum atomic E-state index is -0.353. The smallest absolute Gasteiger partial charge is 0.277 e. The molecule has 1 aromatic rings. The topological polar surface area (TPSA) is 79.8 Å². The van der Waals surface area contributed by atoms with Crippen molar-refractivity contribution < 1.29 is 14.3 Å². The Hall–Kier alpha value is -1.89. The van der Waals surface area contributed by atoms with Crippen molar-refractivity contribution in [3.05, 3.63) is 28.7 Å². The van der Waals surface area contributed by atoms with E-state index < -0.39 is 0 Å². The summed E-state index contributed by atoms with van der Waals surface area (Å²) in [6, 6.07) is 7.58. The van der Waals surface area contributed by atoms with E-state index >= 15 is 0 Å². The van der Waals surface area contributed by atoms with E-state index in [1.165, 1.54) is 32.1 Å². The fraction of sp³-hybridized carbons (Fsp3) is 0.591. The molecule has 0 aromatic heterocycles. The lowest BCUT2D eigenvalue weighted by molar-refractivity contribution is -0.124. The number of hydrogen-bond donors (Lipinski definition) is 2. The molecule has 2 amide bonds. The first-order chi connectivity index (χ1) is 14.0. The molecule has 0 atom stereocenters. The van der Waals surface area contributed by atoms with Crippen LogP contribution in [0.25, 0.3) is 0 Å². The predicted octanol–water partition coefficient (Wildman–Crippen LogP) is 3.65. The molecule has 0 radical (unpaired) electrons. The molecule has 29 heavy (non-hydrogen) atoms. The summed E-state index contributed by atoms with van der Waals surface area (Å²) in [6.45, 7) is 1.63. The molecule has 0 heterocycles. The summed E-state index contributed by atoms with van der Waals surface area (Å²) in [6.07, 6.45) is 6.72. The van der Waals surface area contributed by atoms with Gasteiger partial charge in [-0.3, -0.25) is 9.59 Å². The van der Waals surface area contributed by atoms with Crippen molar-refractivity contribution in [2.75, 3.05) is 6.61 Å². The molecule has 5 rings (SSSR count). The fourth-order valence-corrected chi connectivity index (χ4v) is 5.80. The first-order valence-corrected chi connectivity index (χ1v) is 11.3. The molecular weight excluding hydrogens is 434 g/mol. The van der Waals surface area contributed by atoms with E-state index in [1.54, 1.807) is 19.1 Å². The Morgan fingerprint density at radius 1 is 1.03 bits per heavy atom. The molecule has 4 bridgehead atoms. The summed E-state index contributed by atoms with van der Waals surface area (Å²) in [5, 5.41) is 7.31. The Bertz CT molecular complexity index is 765. The molecule has 156 valence electrons. The average Bonchev–Trinajstić information content (AvgIpc) is 2.68. The van der Waals surface area contributed by atoms with Crippen LogP contribution in [0.15, 0.2) is 33.8 Å². The number of carbonyl (C=O) groups excluding carboxylic acids is 2. The number of hydrazone groups is 1. The van der Waals surface area contributed by atoms with Gasteiger partial charge in [0, 0.05) is 16.2 Å². The molecule has 0 aliphatic heterocycles. The van der Waals surface area contributed by atoms with Crippen LogP contribution < -0.4 is 15.5 Å². The standard InChI is InChI=1S/C22H28BrN3O3/c1-13(25-26-21(28)12-29-19-4-2-18(23)3-5-19)6-20(27)24-22-16-8-14-7-15(10-16)11-17(22)9-14/h2-5,14-17,22H,6-12H2,1H3,(H,24,27)(H,26,28)/b25-13-. The van der Waals surface area contributed by atoms with E-state index in [0.717, 1.165) is 16.3 Å². The van der Waals surface area contributed by atoms with Crippen molar-refractivity contribution in [2.45, 2.75) is 51.5 Å². The summed E-state index contributed by atoms with van der Waals surface area (Å²) in [5.41, 5.74) is 3.05. The van der Waals surface area contributed by atoms with Gasteiger partial charge in [0.2, 0.25) is 5.91 Å². The van der Waals surface area contributed by atoms with Gasteiger partial charge in [0.05, 0.1) is 6.42 Å². The van der Waals surface area contributed by atoms with E-state index in [2.05, 4.69) is 31.8 Å². The van der Waals surface area contributed by atoms with E-state index in [0.29, 0.717) is 29.3 Å². The largest absolute Gasteiger partial charge is 0.484 e. The molecule has 7 heteroatoms. The number of rotatable bonds is 7. The lowest BCUT2D eigenvalue weighted by atomic mass is 9.54. The molecule has 4 aliphatic carbocycles. The van der Waals surface area contributed by atoms with Crippen LogP contribution in [0.3, 0.4) is 0 Å². The van der Waals surface area contributed by atoms with Crippen molar-refractivity contribution in [2.24, 2.45) is 28.8 Å². The van der Waals surface area contributed by atoms with Crippen LogP contribution in [0.5, 0.6) is 5.75 Å². The Morgan fingerprint density at radius 3 is 2.28 bits per heavy atom. The molecule has 1 aromatic carbocycles. The molecule has 6 nitrogen and oxygen atoms in total. The third-order valence-corrected chi connectivity index (χ3v) is 7.05. The zero-order valence-electron chi connectivity index (χ0n) is 16.7. The van der Waals surface area contributed by atoms with E-state index in [4.69, 9.17) is 4.74 Å². The third-order valence-electron chi connectivity index (χ3n) is 6.53. The molecule has 4 saturated carbocycles. The molecular formula is C22H28BrN3O3. The number of benzene rings is 1. The zero-order chi connectivity index (χ0) is 20.4. The number of nitrogens with one attached hydrogen (secondary N) is 2.